The molecule has 0 radical (unpaired) electrons. The van der Waals surface area contributed by atoms with Gasteiger partial charge in [-0.3, -0.25) is 9.59 Å². The quantitative estimate of drug-likeness (QED) is 0.114. The lowest BCUT2D eigenvalue weighted by atomic mass is 9.95. The van der Waals surface area contributed by atoms with Crippen LogP contribution in [0.1, 0.15) is 52.7 Å². The van der Waals surface area contributed by atoms with Crippen molar-refractivity contribution in [2.45, 2.75) is 45.9 Å². The Morgan fingerprint density at radius 1 is 1.02 bits per heavy atom. The Bertz CT molecular complexity index is 1280. The maximum Gasteiger partial charge on any atom is 0.417 e. The number of carbonyl (C=O) groups excluding carboxylic acids is 2. The summed E-state index contributed by atoms with van der Waals surface area (Å²) >= 11 is 11.7. The monoisotopic (exact) mass is 886 g/mol. The standard InChI is InChI=1S/C24H18BrClF8I2N2O2/c1-11(37-20(39)6-7-22(28,35)36)38-21(40)14-4-2-13(8-16(14)24(32,33)34)19(27)10-15(23(29,30)31)12-3-5-18(26)17(25)9-12/h2-5,8-11,15H,6-7H2,1H3,(H,37,39)(H,38,40)/b19-10-/t11-,15?/m1/s1. The van der Waals surface area contributed by atoms with E-state index in [0.717, 1.165) is 24.3 Å². The maximum atomic E-state index is 15.0. The summed E-state index contributed by atoms with van der Waals surface area (Å²) in [6.07, 6.45) is -11.7. The van der Waals surface area contributed by atoms with Crippen LogP contribution >= 0.6 is 72.7 Å². The van der Waals surface area contributed by atoms with E-state index in [0.29, 0.717) is 6.07 Å². The zero-order valence-corrected chi connectivity index (χ0v) is 26.6. The summed E-state index contributed by atoms with van der Waals surface area (Å²) in [5, 5.41) is 4.51. The van der Waals surface area contributed by atoms with Crippen LogP contribution in [0.4, 0.5) is 35.1 Å². The fourth-order valence-electron chi connectivity index (χ4n) is 3.33. The third-order valence-corrected chi connectivity index (χ3v) is 7.47. The fraction of sp³-hybridized carbons (Fsp3) is 0.333. The first kappa shape index (κ1) is 35.0. The van der Waals surface area contributed by atoms with Crippen LogP contribution in [0.5, 0.6) is 0 Å². The molecule has 16 heteroatoms. The number of benzene rings is 2. The van der Waals surface area contributed by atoms with Crippen LogP contribution in [0.25, 0.3) is 5.83 Å². The lowest BCUT2D eigenvalue weighted by Crippen LogP contribution is -2.46. The normalized spacial score (nSPS) is 14.5. The van der Waals surface area contributed by atoms with Crippen LogP contribution in [0.15, 0.2) is 46.9 Å². The van der Waals surface area contributed by atoms with E-state index in [4.69, 9.17) is 11.6 Å². The molecule has 4 nitrogen and oxygen atoms in total. The van der Waals surface area contributed by atoms with Gasteiger partial charge in [0.2, 0.25) is 7.59 Å². The van der Waals surface area contributed by atoms with E-state index < -0.39 is 66.0 Å². The van der Waals surface area contributed by atoms with E-state index in [9.17, 15) is 44.7 Å². The maximum absolute atomic E-state index is 15.0. The van der Waals surface area contributed by atoms with Gasteiger partial charge in [-0.25, -0.2) is 8.78 Å². The molecule has 2 N–H and O–H groups in total. The number of allylic oxidation sites excluding steroid dienone is 1. The highest BCUT2D eigenvalue weighted by Gasteiger charge is 2.41. The number of halogens is 12. The first-order valence-electron chi connectivity index (χ1n) is 11.0. The molecule has 0 heterocycles. The predicted molar refractivity (Wildman–Crippen MR) is 155 cm³/mol. The molecular weight excluding hydrogens is 869 g/mol. The topological polar surface area (TPSA) is 58.2 Å². The smallest absolute Gasteiger partial charge is 0.336 e. The second kappa shape index (κ2) is 13.8. The van der Waals surface area contributed by atoms with E-state index in [1.54, 1.807) is 0 Å². The predicted octanol–water partition coefficient (Wildman–Crippen LogP) is 9.24. The summed E-state index contributed by atoms with van der Waals surface area (Å²) in [5.41, 5.74) is -3.84. The SMILES string of the molecule is C[C@H](NC(=O)CCC(F)(I)I)NC(=O)c1ccc(/C(F)=C/C(c2ccc(Cl)c(Br)c2)C(F)(F)F)cc1C(F)(F)F. The van der Waals surface area contributed by atoms with Crippen molar-refractivity contribution in [2.24, 2.45) is 0 Å². The molecule has 1 unspecified atom stereocenters. The first-order valence-corrected chi connectivity index (χ1v) is 14.3. The van der Waals surface area contributed by atoms with Gasteiger partial charge in [-0.1, -0.05) is 23.7 Å². The summed E-state index contributed by atoms with van der Waals surface area (Å²) in [6.45, 7) is 1.25. The number of alkyl halides is 9. The summed E-state index contributed by atoms with van der Waals surface area (Å²) in [6, 6.07) is 4.71. The van der Waals surface area contributed by atoms with Crippen LogP contribution in [0.3, 0.4) is 0 Å². The van der Waals surface area contributed by atoms with Crippen LogP contribution in [-0.2, 0) is 11.0 Å². The van der Waals surface area contributed by atoms with Gasteiger partial charge >= 0.3 is 12.4 Å². The molecule has 0 bridgehead atoms. The molecule has 2 rings (SSSR count). The van der Waals surface area contributed by atoms with Crippen LogP contribution in [0.2, 0.25) is 5.02 Å². The Kier molecular flexibility index (Phi) is 12.1. The van der Waals surface area contributed by atoms with Crippen molar-refractivity contribution in [1.82, 2.24) is 10.6 Å². The molecule has 220 valence electrons. The molecule has 2 aromatic rings. The summed E-state index contributed by atoms with van der Waals surface area (Å²) in [4.78, 5) is 24.5. The van der Waals surface area contributed by atoms with Gasteiger partial charge in [0.25, 0.3) is 5.91 Å². The molecule has 2 atom stereocenters. The second-order valence-corrected chi connectivity index (χ2v) is 15.1. The van der Waals surface area contributed by atoms with Crippen molar-refractivity contribution >= 4 is 90.4 Å². The van der Waals surface area contributed by atoms with Crippen LogP contribution < -0.4 is 10.6 Å². The van der Waals surface area contributed by atoms with Gasteiger partial charge < -0.3 is 10.6 Å². The van der Waals surface area contributed by atoms with Crippen molar-refractivity contribution in [1.29, 1.82) is 0 Å². The Morgan fingerprint density at radius 3 is 2.17 bits per heavy atom. The minimum atomic E-state index is -5.19. The lowest BCUT2D eigenvalue weighted by Gasteiger charge is -2.20. The number of carbonyl (C=O) groups is 2. The van der Waals surface area contributed by atoms with E-state index in [1.807, 2.05) is 0 Å². The molecule has 40 heavy (non-hydrogen) atoms. The van der Waals surface area contributed by atoms with Crippen molar-refractivity contribution in [3.05, 3.63) is 74.2 Å². The Hall–Kier alpha value is -1.21. The molecule has 0 aliphatic heterocycles. The minimum Gasteiger partial charge on any atom is -0.336 e. The number of hydrogen-bond acceptors (Lipinski definition) is 2. The number of rotatable bonds is 9. The fourth-order valence-corrected chi connectivity index (χ4v) is 4.39. The number of nitrogens with one attached hydrogen (secondary N) is 2. The van der Waals surface area contributed by atoms with Crippen LogP contribution in [0, 0.1) is 0 Å². The number of amides is 2. The van der Waals surface area contributed by atoms with Crippen molar-refractivity contribution in [3.8, 4) is 0 Å². The van der Waals surface area contributed by atoms with E-state index in [1.165, 1.54) is 52.1 Å². The van der Waals surface area contributed by atoms with Gasteiger partial charge in [0, 0.05) is 22.9 Å². The lowest BCUT2D eigenvalue weighted by molar-refractivity contribution is -0.140. The molecule has 0 aliphatic rings. The average molecular weight is 888 g/mol. The molecular formula is C24H18BrClF8I2N2O2. The largest absolute Gasteiger partial charge is 0.417 e. The van der Waals surface area contributed by atoms with Gasteiger partial charge in [0.05, 0.1) is 22.3 Å². The molecule has 0 aliphatic carbocycles. The third kappa shape index (κ3) is 10.6. The van der Waals surface area contributed by atoms with E-state index in [-0.39, 0.29) is 34.5 Å². The highest BCUT2D eigenvalue weighted by Crippen LogP contribution is 2.41. The Balaban J connectivity index is 2.36. The van der Waals surface area contributed by atoms with E-state index in [2.05, 4.69) is 26.6 Å². The van der Waals surface area contributed by atoms with Crippen molar-refractivity contribution < 1.29 is 44.7 Å². The number of hydrogen-bond donors (Lipinski definition) is 2. The van der Waals surface area contributed by atoms with Crippen molar-refractivity contribution in [2.75, 3.05) is 0 Å². The van der Waals surface area contributed by atoms with Gasteiger partial charge in [0.1, 0.15) is 11.7 Å². The van der Waals surface area contributed by atoms with Gasteiger partial charge in [-0.15, -0.1) is 0 Å². The molecule has 0 saturated carbocycles. The highest BCUT2D eigenvalue weighted by atomic mass is 127. The average Bonchev–Trinajstić information content (AvgIpc) is 2.80. The van der Waals surface area contributed by atoms with Gasteiger partial charge in [-0.05, 0) is 104 Å². The minimum absolute atomic E-state index is 0.0924. The zero-order valence-electron chi connectivity index (χ0n) is 20.0. The van der Waals surface area contributed by atoms with Gasteiger partial charge in [-0.2, -0.15) is 26.3 Å². The molecule has 0 saturated heterocycles. The van der Waals surface area contributed by atoms with E-state index >= 15 is 0 Å². The molecule has 0 spiro atoms. The highest BCUT2D eigenvalue weighted by molar-refractivity contribution is 14.2. The molecule has 2 aromatic carbocycles. The Labute approximate surface area is 264 Å². The summed E-state index contributed by atoms with van der Waals surface area (Å²) in [7, 11) is 0. The van der Waals surface area contributed by atoms with Crippen molar-refractivity contribution in [3.63, 3.8) is 0 Å². The molecule has 2 amide bonds. The summed E-state index contributed by atoms with van der Waals surface area (Å²) in [5.74, 6) is -6.10. The third-order valence-electron chi connectivity index (χ3n) is 5.17. The zero-order chi connectivity index (χ0) is 30.6. The molecule has 0 fully saturated rings. The Morgan fingerprint density at radius 2 is 1.65 bits per heavy atom. The second-order valence-electron chi connectivity index (χ2n) is 8.34. The van der Waals surface area contributed by atoms with Crippen LogP contribution in [-0.4, -0.2) is 25.8 Å². The summed E-state index contributed by atoms with van der Waals surface area (Å²) < 4.78 is 109. The molecule has 0 aromatic heterocycles. The first-order chi connectivity index (χ1) is 18.2. The van der Waals surface area contributed by atoms with Gasteiger partial charge in [0.15, 0.2) is 0 Å².